The van der Waals surface area contributed by atoms with Gasteiger partial charge in [-0.1, -0.05) is 36.8 Å². The molecule has 0 amide bonds. The van der Waals surface area contributed by atoms with Crippen LogP contribution in [-0.2, 0) is 6.42 Å². The number of benzene rings is 1. The molecule has 88 valence electrons. The molecule has 0 saturated heterocycles. The third-order valence-corrected chi connectivity index (χ3v) is 2.72. The summed E-state index contributed by atoms with van der Waals surface area (Å²) >= 11 is 0. The molecule has 0 aliphatic rings. The molecule has 1 aromatic rings. The van der Waals surface area contributed by atoms with Gasteiger partial charge in [-0.25, -0.2) is 0 Å². The lowest BCUT2D eigenvalue weighted by Gasteiger charge is -2.00. The molecule has 0 unspecified atom stereocenters. The third-order valence-electron chi connectivity index (χ3n) is 2.72. The molecule has 0 atom stereocenters. The van der Waals surface area contributed by atoms with Crippen LogP contribution in [0.15, 0.2) is 24.3 Å². The van der Waals surface area contributed by atoms with Crippen LogP contribution in [0.25, 0.3) is 0 Å². The fourth-order valence-corrected chi connectivity index (χ4v) is 1.73. The Labute approximate surface area is 98.3 Å². The molecule has 0 saturated carbocycles. The summed E-state index contributed by atoms with van der Waals surface area (Å²) in [6, 6.07) is 8.64. The van der Waals surface area contributed by atoms with Gasteiger partial charge in [0.05, 0.1) is 0 Å². The van der Waals surface area contributed by atoms with Crippen molar-refractivity contribution in [1.82, 2.24) is 0 Å². The van der Waals surface area contributed by atoms with Gasteiger partial charge in [-0.3, -0.25) is 0 Å². The SMILES string of the molecule is CCC[N+](=O)CCCCc1ccc(C)cc1. The summed E-state index contributed by atoms with van der Waals surface area (Å²) in [7, 11) is 0. The largest absolute Gasteiger partial charge is 0.192 e. The maximum atomic E-state index is 11.2. The van der Waals surface area contributed by atoms with Gasteiger partial charge in [-0.15, -0.1) is 0 Å². The lowest BCUT2D eigenvalue weighted by atomic mass is 10.1. The summed E-state index contributed by atoms with van der Waals surface area (Å²) < 4.78 is 1.18. The summed E-state index contributed by atoms with van der Waals surface area (Å²) in [4.78, 5) is 11.2. The zero-order valence-corrected chi connectivity index (χ0v) is 10.4. The van der Waals surface area contributed by atoms with Gasteiger partial charge in [0.25, 0.3) is 0 Å². The van der Waals surface area contributed by atoms with E-state index >= 15 is 0 Å². The van der Waals surface area contributed by atoms with Gasteiger partial charge >= 0.3 is 0 Å². The average molecular weight is 220 g/mol. The number of nitroso groups, excluding NO2 is 1. The van der Waals surface area contributed by atoms with E-state index in [0.717, 1.165) is 25.7 Å². The van der Waals surface area contributed by atoms with E-state index in [1.165, 1.54) is 15.9 Å². The Morgan fingerprint density at radius 3 is 2.38 bits per heavy atom. The number of hydrogen-bond acceptors (Lipinski definition) is 1. The lowest BCUT2D eigenvalue weighted by molar-refractivity contribution is -0.549. The molecule has 2 heteroatoms. The van der Waals surface area contributed by atoms with Crippen LogP contribution in [0.1, 0.15) is 37.3 Å². The van der Waals surface area contributed by atoms with Crippen molar-refractivity contribution in [2.45, 2.75) is 39.5 Å². The van der Waals surface area contributed by atoms with Crippen LogP contribution in [0, 0.1) is 11.8 Å². The lowest BCUT2D eigenvalue weighted by Crippen LogP contribution is -2.10. The maximum Gasteiger partial charge on any atom is 0.192 e. The molecule has 0 fully saturated rings. The molecular weight excluding hydrogens is 198 g/mol. The molecule has 0 aliphatic carbocycles. The van der Waals surface area contributed by atoms with Crippen molar-refractivity contribution in [3.8, 4) is 0 Å². The van der Waals surface area contributed by atoms with Crippen molar-refractivity contribution in [2.75, 3.05) is 13.1 Å². The minimum Gasteiger partial charge on any atom is -0.0592 e. The minimum absolute atomic E-state index is 0.671. The second-order valence-corrected chi connectivity index (χ2v) is 4.37. The van der Waals surface area contributed by atoms with Crippen LogP contribution < -0.4 is 0 Å². The van der Waals surface area contributed by atoms with Crippen LogP contribution in [0.3, 0.4) is 0 Å². The van der Waals surface area contributed by atoms with Crippen LogP contribution in [0.5, 0.6) is 0 Å². The monoisotopic (exact) mass is 220 g/mol. The molecule has 0 heterocycles. The Hall–Kier alpha value is -1.18. The smallest absolute Gasteiger partial charge is 0.0592 e. The highest BCUT2D eigenvalue weighted by Crippen LogP contribution is 2.07. The molecular formula is C14H22NO+. The first-order valence-corrected chi connectivity index (χ1v) is 6.20. The quantitative estimate of drug-likeness (QED) is 0.508. The first-order chi connectivity index (χ1) is 7.72. The molecule has 0 N–H and O–H groups in total. The molecule has 16 heavy (non-hydrogen) atoms. The topological polar surface area (TPSA) is 20.1 Å². The van der Waals surface area contributed by atoms with Gasteiger partial charge in [-0.2, -0.15) is 0 Å². The van der Waals surface area contributed by atoms with E-state index < -0.39 is 0 Å². The zero-order valence-electron chi connectivity index (χ0n) is 10.4. The van der Waals surface area contributed by atoms with Crippen molar-refractivity contribution < 1.29 is 4.76 Å². The van der Waals surface area contributed by atoms with E-state index in [4.69, 9.17) is 0 Å². The summed E-state index contributed by atoms with van der Waals surface area (Å²) in [5, 5.41) is 0. The highest BCUT2D eigenvalue weighted by molar-refractivity contribution is 5.21. The van der Waals surface area contributed by atoms with Crippen LogP contribution >= 0.6 is 0 Å². The van der Waals surface area contributed by atoms with Crippen LogP contribution in [-0.4, -0.2) is 17.8 Å². The number of unbranched alkanes of at least 4 members (excludes halogenated alkanes) is 1. The van der Waals surface area contributed by atoms with Gasteiger partial charge in [0.2, 0.25) is 0 Å². The van der Waals surface area contributed by atoms with Crippen molar-refractivity contribution in [3.05, 3.63) is 40.3 Å². The first kappa shape index (κ1) is 12.9. The Kier molecular flexibility index (Phi) is 5.76. The van der Waals surface area contributed by atoms with E-state index in [-0.39, 0.29) is 0 Å². The molecule has 0 aliphatic heterocycles. The Balaban J connectivity index is 2.16. The van der Waals surface area contributed by atoms with Gasteiger partial charge < -0.3 is 0 Å². The standard InChI is InChI=1S/C14H22NO/c1-3-11-15(16)12-5-4-6-14-9-7-13(2)8-10-14/h7-10H,3-6,11-12H2,1-2H3/q+1. The van der Waals surface area contributed by atoms with E-state index in [2.05, 4.69) is 31.2 Å². The normalized spacial score (nSPS) is 10.4. The van der Waals surface area contributed by atoms with Gasteiger partial charge in [0.1, 0.15) is 0 Å². The maximum absolute atomic E-state index is 11.2. The predicted octanol–water partition coefficient (Wildman–Crippen LogP) is 3.51. The van der Waals surface area contributed by atoms with E-state index in [9.17, 15) is 4.91 Å². The second kappa shape index (κ2) is 7.15. The Bertz CT molecular complexity index is 316. The third kappa shape index (κ3) is 5.06. The van der Waals surface area contributed by atoms with Crippen molar-refractivity contribution >= 4 is 0 Å². The molecule has 1 rings (SSSR count). The van der Waals surface area contributed by atoms with Crippen molar-refractivity contribution in [2.24, 2.45) is 0 Å². The van der Waals surface area contributed by atoms with Crippen molar-refractivity contribution in [3.63, 3.8) is 0 Å². The number of nitrogens with zero attached hydrogens (tertiary/aromatic N) is 1. The predicted molar refractivity (Wildman–Crippen MR) is 67.8 cm³/mol. The summed E-state index contributed by atoms with van der Waals surface area (Å²) in [5.74, 6) is 0. The van der Waals surface area contributed by atoms with Gasteiger partial charge in [0, 0.05) is 17.7 Å². The molecule has 0 aromatic heterocycles. The summed E-state index contributed by atoms with van der Waals surface area (Å²) in [6.07, 6.45) is 4.13. The molecule has 0 bridgehead atoms. The number of hydrogen-bond donors (Lipinski definition) is 0. The molecule has 1 aromatic carbocycles. The van der Waals surface area contributed by atoms with Crippen LogP contribution in [0.4, 0.5) is 0 Å². The summed E-state index contributed by atoms with van der Waals surface area (Å²) in [6.45, 7) is 5.49. The minimum atomic E-state index is 0.671. The van der Waals surface area contributed by atoms with E-state index in [1.807, 2.05) is 6.92 Å². The number of rotatable bonds is 7. The van der Waals surface area contributed by atoms with E-state index in [0.29, 0.717) is 13.1 Å². The van der Waals surface area contributed by atoms with Gasteiger partial charge in [-0.05, 0) is 30.1 Å². The zero-order chi connectivity index (χ0) is 11.8. The molecule has 0 radical (unpaired) electrons. The van der Waals surface area contributed by atoms with Crippen molar-refractivity contribution in [1.29, 1.82) is 0 Å². The highest BCUT2D eigenvalue weighted by atomic mass is 16.3. The van der Waals surface area contributed by atoms with Crippen LogP contribution in [0.2, 0.25) is 0 Å². The Morgan fingerprint density at radius 2 is 1.75 bits per heavy atom. The average Bonchev–Trinajstić information content (AvgIpc) is 2.27. The highest BCUT2D eigenvalue weighted by Gasteiger charge is 2.04. The fraction of sp³-hybridized carbons (Fsp3) is 0.571. The number of aryl methyl sites for hydroxylation is 2. The molecule has 2 nitrogen and oxygen atoms in total. The first-order valence-electron chi connectivity index (χ1n) is 6.20. The Morgan fingerprint density at radius 1 is 1.06 bits per heavy atom. The second-order valence-electron chi connectivity index (χ2n) is 4.37. The van der Waals surface area contributed by atoms with E-state index in [1.54, 1.807) is 0 Å². The summed E-state index contributed by atoms with van der Waals surface area (Å²) in [5.41, 5.74) is 2.68. The fourth-order valence-electron chi connectivity index (χ4n) is 1.73. The molecule has 0 spiro atoms. The van der Waals surface area contributed by atoms with Gasteiger partial charge in [0.15, 0.2) is 13.1 Å².